The molecule has 0 aromatic heterocycles. The minimum Gasteiger partial charge on any atom is -0.468 e. The summed E-state index contributed by atoms with van der Waals surface area (Å²) in [6, 6.07) is 5.24. The van der Waals surface area contributed by atoms with Crippen LogP contribution >= 0.6 is 27.5 Å². The van der Waals surface area contributed by atoms with E-state index in [4.69, 9.17) is 11.6 Å². The van der Waals surface area contributed by atoms with Crippen LogP contribution in [0.5, 0.6) is 0 Å². The quantitative estimate of drug-likeness (QED) is 0.774. The third-order valence-electron chi connectivity index (χ3n) is 2.84. The summed E-state index contributed by atoms with van der Waals surface area (Å²) in [5, 5.41) is 3.17. The van der Waals surface area contributed by atoms with E-state index < -0.39 is 0 Å². The summed E-state index contributed by atoms with van der Waals surface area (Å²) in [7, 11) is 1.32. The van der Waals surface area contributed by atoms with Crippen LogP contribution in [0.1, 0.15) is 13.8 Å². The van der Waals surface area contributed by atoms with Crippen molar-refractivity contribution in [3.05, 3.63) is 27.7 Å². The van der Waals surface area contributed by atoms with Crippen LogP contribution in [0.4, 0.5) is 5.69 Å². The summed E-state index contributed by atoms with van der Waals surface area (Å²) in [6.07, 6.45) is 0. The lowest BCUT2D eigenvalue weighted by Gasteiger charge is -2.24. The number of methoxy groups -OCH3 is 1. The van der Waals surface area contributed by atoms with Crippen molar-refractivity contribution in [2.45, 2.75) is 19.9 Å². The molecule has 0 atom stereocenters. The molecule has 0 spiro atoms. The Hall–Kier alpha value is -1.11. The fraction of sp³-hybridized carbons (Fsp3) is 0.429. The number of halogens is 2. The molecular formula is C14H18BrClN2O3. The molecule has 116 valence electrons. The van der Waals surface area contributed by atoms with Crippen LogP contribution < -0.4 is 5.32 Å². The Morgan fingerprint density at radius 3 is 2.57 bits per heavy atom. The number of benzene rings is 1. The number of ether oxygens (including phenoxy) is 1. The van der Waals surface area contributed by atoms with Crippen LogP contribution in [-0.4, -0.2) is 43.0 Å². The molecule has 0 radical (unpaired) electrons. The first-order chi connectivity index (χ1) is 9.83. The molecule has 1 N–H and O–H groups in total. The maximum atomic E-state index is 12.1. The smallest absolute Gasteiger partial charge is 0.319 e. The van der Waals surface area contributed by atoms with Crippen molar-refractivity contribution < 1.29 is 14.3 Å². The Morgan fingerprint density at radius 1 is 1.38 bits per heavy atom. The largest absolute Gasteiger partial charge is 0.468 e. The fourth-order valence-corrected chi connectivity index (χ4v) is 2.34. The van der Waals surface area contributed by atoms with Gasteiger partial charge < -0.3 is 10.1 Å². The highest BCUT2D eigenvalue weighted by atomic mass is 79.9. The zero-order valence-corrected chi connectivity index (χ0v) is 14.5. The number of hydrogen-bond donors (Lipinski definition) is 1. The summed E-state index contributed by atoms with van der Waals surface area (Å²) >= 11 is 9.35. The van der Waals surface area contributed by atoms with E-state index in [1.165, 1.54) is 7.11 Å². The minimum atomic E-state index is -0.377. The molecule has 1 rings (SSSR count). The van der Waals surface area contributed by atoms with Crippen molar-refractivity contribution in [1.82, 2.24) is 4.90 Å². The molecule has 5 nitrogen and oxygen atoms in total. The number of hydrogen-bond acceptors (Lipinski definition) is 4. The highest BCUT2D eigenvalue weighted by molar-refractivity contribution is 9.10. The Balaban J connectivity index is 2.67. The summed E-state index contributed by atoms with van der Waals surface area (Å²) < 4.78 is 5.46. The third kappa shape index (κ3) is 6.03. The molecule has 1 aromatic carbocycles. The van der Waals surface area contributed by atoms with Crippen LogP contribution in [0.25, 0.3) is 0 Å². The van der Waals surface area contributed by atoms with Crippen LogP contribution in [0.2, 0.25) is 5.02 Å². The molecule has 0 aliphatic heterocycles. The summed E-state index contributed by atoms with van der Waals surface area (Å²) in [6.45, 7) is 3.96. The first kappa shape index (κ1) is 17.9. The molecule has 1 amide bonds. The van der Waals surface area contributed by atoms with E-state index in [-0.39, 0.29) is 31.0 Å². The Morgan fingerprint density at radius 2 is 2.05 bits per heavy atom. The van der Waals surface area contributed by atoms with E-state index in [1.807, 2.05) is 13.8 Å². The second-order valence-electron chi connectivity index (χ2n) is 4.75. The van der Waals surface area contributed by atoms with E-state index in [2.05, 4.69) is 26.0 Å². The maximum Gasteiger partial charge on any atom is 0.319 e. The molecule has 0 saturated carbocycles. The SMILES string of the molecule is COC(=O)CN(CC(=O)Nc1ccc(Br)cc1Cl)C(C)C. The molecule has 7 heteroatoms. The monoisotopic (exact) mass is 376 g/mol. The van der Waals surface area contributed by atoms with Gasteiger partial charge in [0.2, 0.25) is 5.91 Å². The first-order valence-electron chi connectivity index (χ1n) is 6.39. The van der Waals surface area contributed by atoms with E-state index in [0.717, 1.165) is 4.47 Å². The van der Waals surface area contributed by atoms with Gasteiger partial charge in [0, 0.05) is 10.5 Å². The van der Waals surface area contributed by atoms with E-state index >= 15 is 0 Å². The highest BCUT2D eigenvalue weighted by Gasteiger charge is 2.18. The molecule has 0 saturated heterocycles. The lowest BCUT2D eigenvalue weighted by atomic mass is 10.3. The average molecular weight is 378 g/mol. The van der Waals surface area contributed by atoms with Gasteiger partial charge in [0.05, 0.1) is 30.9 Å². The number of nitrogens with zero attached hydrogens (tertiary/aromatic N) is 1. The van der Waals surface area contributed by atoms with E-state index in [1.54, 1.807) is 23.1 Å². The van der Waals surface area contributed by atoms with Gasteiger partial charge in [0.15, 0.2) is 0 Å². The lowest BCUT2D eigenvalue weighted by Crippen LogP contribution is -2.41. The normalized spacial score (nSPS) is 10.8. The van der Waals surface area contributed by atoms with Gasteiger partial charge in [-0.3, -0.25) is 14.5 Å². The fourth-order valence-electron chi connectivity index (χ4n) is 1.62. The number of esters is 1. The predicted octanol–water partition coefficient (Wildman–Crippen LogP) is 2.92. The topological polar surface area (TPSA) is 58.6 Å². The molecular weight excluding hydrogens is 360 g/mol. The van der Waals surface area contributed by atoms with Gasteiger partial charge in [-0.15, -0.1) is 0 Å². The molecule has 0 unspecified atom stereocenters. The number of amides is 1. The molecule has 0 bridgehead atoms. The third-order valence-corrected chi connectivity index (χ3v) is 3.65. The lowest BCUT2D eigenvalue weighted by molar-refractivity contribution is -0.142. The van der Waals surface area contributed by atoms with Gasteiger partial charge in [-0.2, -0.15) is 0 Å². The summed E-state index contributed by atoms with van der Waals surface area (Å²) in [5.74, 6) is -0.616. The van der Waals surface area contributed by atoms with Crippen LogP contribution in [0.15, 0.2) is 22.7 Å². The minimum absolute atomic E-state index is 0.0373. The second kappa shape index (κ2) is 8.36. The van der Waals surface area contributed by atoms with Gasteiger partial charge in [0.1, 0.15) is 0 Å². The van der Waals surface area contributed by atoms with Crippen molar-refractivity contribution >= 4 is 45.1 Å². The van der Waals surface area contributed by atoms with Crippen molar-refractivity contribution in [3.63, 3.8) is 0 Å². The van der Waals surface area contributed by atoms with Gasteiger partial charge >= 0.3 is 5.97 Å². The second-order valence-corrected chi connectivity index (χ2v) is 6.07. The Labute approximate surface area is 137 Å². The molecule has 0 fully saturated rings. The van der Waals surface area contributed by atoms with Crippen molar-refractivity contribution in [3.8, 4) is 0 Å². The van der Waals surface area contributed by atoms with Crippen LogP contribution in [0.3, 0.4) is 0 Å². The zero-order chi connectivity index (χ0) is 16.0. The molecule has 21 heavy (non-hydrogen) atoms. The number of carbonyl (C=O) groups excluding carboxylic acids is 2. The zero-order valence-electron chi connectivity index (χ0n) is 12.2. The van der Waals surface area contributed by atoms with Gasteiger partial charge in [-0.1, -0.05) is 27.5 Å². The highest BCUT2D eigenvalue weighted by Crippen LogP contribution is 2.25. The molecule has 0 heterocycles. The van der Waals surface area contributed by atoms with Gasteiger partial charge in [-0.25, -0.2) is 0 Å². The number of nitrogens with one attached hydrogen (secondary N) is 1. The van der Waals surface area contributed by atoms with Crippen molar-refractivity contribution in [2.75, 3.05) is 25.5 Å². The van der Waals surface area contributed by atoms with Crippen molar-refractivity contribution in [2.24, 2.45) is 0 Å². The van der Waals surface area contributed by atoms with E-state index in [0.29, 0.717) is 10.7 Å². The van der Waals surface area contributed by atoms with E-state index in [9.17, 15) is 9.59 Å². The predicted molar refractivity (Wildman–Crippen MR) is 86.5 cm³/mol. The van der Waals surface area contributed by atoms with Gasteiger partial charge in [-0.05, 0) is 32.0 Å². The molecule has 0 aliphatic carbocycles. The summed E-state index contributed by atoms with van der Waals surface area (Å²) in [5.41, 5.74) is 0.534. The Bertz CT molecular complexity index is 523. The molecule has 0 aliphatic rings. The summed E-state index contributed by atoms with van der Waals surface area (Å²) in [4.78, 5) is 25.1. The number of rotatable bonds is 6. The number of anilines is 1. The maximum absolute atomic E-state index is 12.1. The van der Waals surface area contributed by atoms with Crippen LogP contribution in [0, 0.1) is 0 Å². The van der Waals surface area contributed by atoms with Crippen LogP contribution in [-0.2, 0) is 14.3 Å². The van der Waals surface area contributed by atoms with Gasteiger partial charge in [0.25, 0.3) is 0 Å². The Kier molecular flexibility index (Phi) is 7.14. The number of carbonyl (C=O) groups is 2. The first-order valence-corrected chi connectivity index (χ1v) is 7.56. The standard InChI is InChI=1S/C14H18BrClN2O3/c1-9(2)18(8-14(20)21-3)7-13(19)17-12-5-4-10(15)6-11(12)16/h4-6,9H,7-8H2,1-3H3,(H,17,19). The molecule has 1 aromatic rings. The average Bonchev–Trinajstić information content (AvgIpc) is 2.40. The van der Waals surface area contributed by atoms with Crippen molar-refractivity contribution in [1.29, 1.82) is 0 Å².